The molecule has 2 aromatic rings. The number of halogens is 2. The van der Waals surface area contributed by atoms with Crippen LogP contribution in [0.2, 0.25) is 0 Å². The van der Waals surface area contributed by atoms with Crippen molar-refractivity contribution in [2.45, 2.75) is 13.0 Å². The fourth-order valence-electron chi connectivity index (χ4n) is 1.60. The molecule has 1 unspecified atom stereocenters. The van der Waals surface area contributed by atoms with Crippen molar-refractivity contribution in [3.63, 3.8) is 0 Å². The number of thiophene rings is 1. The maximum Gasteiger partial charge on any atom is 0.0659 e. The van der Waals surface area contributed by atoms with Crippen LogP contribution in [0.4, 0.5) is 0 Å². The molecule has 0 aliphatic rings. The zero-order valence-corrected chi connectivity index (χ0v) is 13.3. The minimum atomic E-state index is -0.0237. The highest BCUT2D eigenvalue weighted by atomic mass is 127. The van der Waals surface area contributed by atoms with Crippen LogP contribution in [0.3, 0.4) is 0 Å². The lowest BCUT2D eigenvalue weighted by Crippen LogP contribution is -2.12. The van der Waals surface area contributed by atoms with Gasteiger partial charge in [0.2, 0.25) is 0 Å². The molecular formula is C12H11BrINS. The molecule has 84 valence electrons. The van der Waals surface area contributed by atoms with E-state index in [-0.39, 0.29) is 6.04 Å². The Bertz CT molecular complexity index is 509. The predicted octanol–water partition coefficient (Wildman–Crippen LogP) is 4.47. The van der Waals surface area contributed by atoms with Crippen molar-refractivity contribution in [2.75, 3.05) is 0 Å². The van der Waals surface area contributed by atoms with Gasteiger partial charge in [0.1, 0.15) is 0 Å². The van der Waals surface area contributed by atoms with Gasteiger partial charge >= 0.3 is 0 Å². The van der Waals surface area contributed by atoms with E-state index >= 15 is 0 Å². The van der Waals surface area contributed by atoms with Crippen LogP contribution in [-0.4, -0.2) is 0 Å². The van der Waals surface area contributed by atoms with Crippen LogP contribution >= 0.6 is 49.9 Å². The van der Waals surface area contributed by atoms with Crippen LogP contribution in [-0.2, 0) is 0 Å². The summed E-state index contributed by atoms with van der Waals surface area (Å²) in [6.07, 6.45) is 0. The second kappa shape index (κ2) is 5.16. The number of nitrogens with two attached hydrogens (primary N) is 1. The maximum absolute atomic E-state index is 6.32. The molecule has 0 spiro atoms. The molecule has 1 aromatic carbocycles. The van der Waals surface area contributed by atoms with E-state index in [1.165, 1.54) is 19.6 Å². The number of benzene rings is 1. The van der Waals surface area contributed by atoms with Gasteiger partial charge in [0.25, 0.3) is 0 Å². The second-order valence-electron chi connectivity index (χ2n) is 3.61. The third-order valence-corrected chi connectivity index (χ3v) is 5.05. The van der Waals surface area contributed by atoms with Gasteiger partial charge in [-0.25, -0.2) is 0 Å². The van der Waals surface area contributed by atoms with Crippen LogP contribution in [0, 0.1) is 10.5 Å². The van der Waals surface area contributed by atoms with Gasteiger partial charge in [0.05, 0.1) is 6.04 Å². The van der Waals surface area contributed by atoms with Crippen molar-refractivity contribution < 1.29 is 0 Å². The smallest absolute Gasteiger partial charge is 0.0659 e. The average Bonchev–Trinajstić information content (AvgIpc) is 2.67. The minimum absolute atomic E-state index is 0.0237. The standard InChI is InChI=1S/C12H11BrINS/c1-7-4-5-16-12(7)11(15)9-6-8(13)2-3-10(9)14/h2-6,11H,15H2,1H3. The van der Waals surface area contributed by atoms with Gasteiger partial charge in [0.15, 0.2) is 0 Å². The normalized spacial score (nSPS) is 12.8. The summed E-state index contributed by atoms with van der Waals surface area (Å²) in [7, 11) is 0. The maximum atomic E-state index is 6.32. The first-order chi connectivity index (χ1) is 7.59. The number of aryl methyl sites for hydroxylation is 1. The Morgan fingerprint density at radius 2 is 2.12 bits per heavy atom. The van der Waals surface area contributed by atoms with E-state index < -0.39 is 0 Å². The number of hydrogen-bond donors (Lipinski definition) is 1. The summed E-state index contributed by atoms with van der Waals surface area (Å²) in [4.78, 5) is 1.25. The van der Waals surface area contributed by atoms with Gasteiger partial charge < -0.3 is 5.73 Å². The van der Waals surface area contributed by atoms with E-state index in [0.717, 1.165) is 4.47 Å². The van der Waals surface area contributed by atoms with Gasteiger partial charge in [-0.3, -0.25) is 0 Å². The Kier molecular flexibility index (Phi) is 4.05. The van der Waals surface area contributed by atoms with Crippen LogP contribution in [0.1, 0.15) is 22.0 Å². The molecule has 0 bridgehead atoms. The minimum Gasteiger partial charge on any atom is -0.320 e. The molecule has 1 heterocycles. The highest BCUT2D eigenvalue weighted by molar-refractivity contribution is 14.1. The first-order valence-electron chi connectivity index (χ1n) is 4.84. The topological polar surface area (TPSA) is 26.0 Å². The summed E-state index contributed by atoms with van der Waals surface area (Å²) in [6, 6.07) is 8.32. The monoisotopic (exact) mass is 407 g/mol. The molecule has 0 saturated carbocycles. The molecule has 1 atom stereocenters. The SMILES string of the molecule is Cc1ccsc1C(N)c1cc(Br)ccc1I. The highest BCUT2D eigenvalue weighted by Crippen LogP contribution is 2.31. The predicted molar refractivity (Wildman–Crippen MR) is 81.9 cm³/mol. The molecule has 2 N–H and O–H groups in total. The van der Waals surface area contributed by atoms with Gasteiger partial charge in [0, 0.05) is 12.9 Å². The van der Waals surface area contributed by atoms with Crippen molar-refractivity contribution in [3.05, 3.63) is 53.7 Å². The molecule has 0 saturated heterocycles. The lowest BCUT2D eigenvalue weighted by Gasteiger charge is -2.14. The molecule has 2 rings (SSSR count). The molecule has 0 aliphatic heterocycles. The molecule has 0 aliphatic carbocycles. The Morgan fingerprint density at radius 3 is 2.75 bits per heavy atom. The largest absolute Gasteiger partial charge is 0.320 e. The zero-order valence-electron chi connectivity index (χ0n) is 8.71. The van der Waals surface area contributed by atoms with Gasteiger partial charge in [-0.15, -0.1) is 11.3 Å². The van der Waals surface area contributed by atoms with Crippen LogP contribution in [0.5, 0.6) is 0 Å². The molecule has 0 amide bonds. The quantitative estimate of drug-likeness (QED) is 0.730. The lowest BCUT2D eigenvalue weighted by atomic mass is 10.0. The number of hydrogen-bond acceptors (Lipinski definition) is 2. The zero-order chi connectivity index (χ0) is 11.7. The van der Waals surface area contributed by atoms with E-state index in [2.05, 4.69) is 69.0 Å². The molecule has 0 radical (unpaired) electrons. The fourth-order valence-corrected chi connectivity index (χ4v) is 3.59. The Labute approximate surface area is 121 Å². The van der Waals surface area contributed by atoms with Gasteiger partial charge in [-0.2, -0.15) is 0 Å². The fraction of sp³-hybridized carbons (Fsp3) is 0.167. The summed E-state index contributed by atoms with van der Waals surface area (Å²) < 4.78 is 2.29. The van der Waals surface area contributed by atoms with Crippen molar-refractivity contribution in [1.29, 1.82) is 0 Å². The van der Waals surface area contributed by atoms with Crippen LogP contribution in [0.15, 0.2) is 34.1 Å². The Morgan fingerprint density at radius 1 is 1.38 bits per heavy atom. The van der Waals surface area contributed by atoms with E-state index in [9.17, 15) is 0 Å². The van der Waals surface area contributed by atoms with E-state index in [4.69, 9.17) is 5.73 Å². The first-order valence-corrected chi connectivity index (χ1v) is 7.59. The third-order valence-electron chi connectivity index (χ3n) is 2.48. The van der Waals surface area contributed by atoms with Crippen LogP contribution in [0.25, 0.3) is 0 Å². The summed E-state index contributed by atoms with van der Waals surface area (Å²) >= 11 is 7.55. The van der Waals surface area contributed by atoms with Crippen molar-refractivity contribution in [3.8, 4) is 0 Å². The molecule has 0 fully saturated rings. The molecular weight excluding hydrogens is 397 g/mol. The lowest BCUT2D eigenvalue weighted by molar-refractivity contribution is 0.877. The Balaban J connectivity index is 2.45. The molecule has 4 heteroatoms. The van der Waals surface area contributed by atoms with Gasteiger partial charge in [-0.1, -0.05) is 15.9 Å². The number of rotatable bonds is 2. The van der Waals surface area contributed by atoms with Gasteiger partial charge in [-0.05, 0) is 70.3 Å². The first kappa shape index (κ1) is 12.5. The van der Waals surface area contributed by atoms with Crippen molar-refractivity contribution in [1.82, 2.24) is 0 Å². The van der Waals surface area contributed by atoms with Crippen molar-refractivity contribution in [2.24, 2.45) is 5.73 Å². The van der Waals surface area contributed by atoms with Crippen LogP contribution < -0.4 is 5.73 Å². The second-order valence-corrected chi connectivity index (χ2v) is 6.64. The summed E-state index contributed by atoms with van der Waals surface area (Å²) in [5.74, 6) is 0. The highest BCUT2D eigenvalue weighted by Gasteiger charge is 2.15. The van der Waals surface area contributed by atoms with E-state index in [1.54, 1.807) is 11.3 Å². The summed E-state index contributed by atoms with van der Waals surface area (Å²) in [6.45, 7) is 2.11. The molecule has 1 aromatic heterocycles. The summed E-state index contributed by atoms with van der Waals surface area (Å²) in [5, 5.41) is 2.09. The van der Waals surface area contributed by atoms with Crippen molar-refractivity contribution >= 4 is 49.9 Å². The summed E-state index contributed by atoms with van der Waals surface area (Å²) in [5.41, 5.74) is 8.77. The van der Waals surface area contributed by atoms with E-state index in [0.29, 0.717) is 0 Å². The third kappa shape index (κ3) is 2.50. The molecule has 16 heavy (non-hydrogen) atoms. The Hall–Kier alpha value is 0.0900. The average molecular weight is 408 g/mol. The van der Waals surface area contributed by atoms with E-state index in [1.807, 2.05) is 6.07 Å². The molecule has 1 nitrogen and oxygen atoms in total.